The van der Waals surface area contributed by atoms with Crippen molar-refractivity contribution in [1.29, 1.82) is 0 Å². The maximum absolute atomic E-state index is 12.3. The minimum atomic E-state index is -0.482. The van der Waals surface area contributed by atoms with Gasteiger partial charge in [0.05, 0.1) is 12.2 Å². The molecule has 1 aromatic carbocycles. The lowest BCUT2D eigenvalue weighted by molar-refractivity contribution is 0.0568. The summed E-state index contributed by atoms with van der Waals surface area (Å²) >= 11 is 0. The molecule has 1 aromatic rings. The van der Waals surface area contributed by atoms with E-state index in [1.807, 2.05) is 26.8 Å². The number of hydrogen-bond donors (Lipinski definition) is 0. The summed E-state index contributed by atoms with van der Waals surface area (Å²) in [6.45, 7) is 6.69. The van der Waals surface area contributed by atoms with Crippen molar-refractivity contribution in [3.63, 3.8) is 0 Å². The predicted molar refractivity (Wildman–Crippen MR) is 77.5 cm³/mol. The van der Waals surface area contributed by atoms with Gasteiger partial charge in [0.2, 0.25) is 0 Å². The molecule has 1 aliphatic heterocycles. The van der Waals surface area contributed by atoms with Crippen LogP contribution in [0.3, 0.4) is 0 Å². The molecule has 0 spiro atoms. The Balaban J connectivity index is 1.87. The van der Waals surface area contributed by atoms with Crippen molar-refractivity contribution in [1.82, 2.24) is 0 Å². The fourth-order valence-corrected chi connectivity index (χ4v) is 2.41. The first-order valence-corrected chi connectivity index (χ1v) is 7.21. The molecule has 1 saturated carbocycles. The number of carbonyl (C=O) groups excluding carboxylic acids is 1. The molecular formula is C16H21NO3. The van der Waals surface area contributed by atoms with Gasteiger partial charge in [-0.15, -0.1) is 0 Å². The van der Waals surface area contributed by atoms with Gasteiger partial charge in [0.25, 0.3) is 0 Å². The summed E-state index contributed by atoms with van der Waals surface area (Å²) in [5.41, 5.74) is 1.65. The lowest BCUT2D eigenvalue weighted by Crippen LogP contribution is -2.41. The first kappa shape index (κ1) is 13.3. The number of nitrogens with zero attached hydrogens (tertiary/aromatic N) is 1. The third kappa shape index (κ3) is 2.74. The van der Waals surface area contributed by atoms with Gasteiger partial charge in [0, 0.05) is 0 Å². The predicted octanol–water partition coefficient (Wildman–Crippen LogP) is 3.70. The molecular weight excluding hydrogens is 254 g/mol. The SMILES string of the molecule is CC(C)(C)OC(=O)N1CCOc2ccc(C3CC3)cc21. The molecule has 0 N–H and O–H groups in total. The average Bonchev–Trinajstić information content (AvgIpc) is 3.19. The summed E-state index contributed by atoms with van der Waals surface area (Å²) in [6, 6.07) is 6.16. The van der Waals surface area contributed by atoms with Crippen molar-refractivity contribution < 1.29 is 14.3 Å². The van der Waals surface area contributed by atoms with E-state index in [-0.39, 0.29) is 6.09 Å². The Morgan fingerprint density at radius 2 is 2.10 bits per heavy atom. The topological polar surface area (TPSA) is 38.8 Å². The highest BCUT2D eigenvalue weighted by Gasteiger charge is 2.30. The van der Waals surface area contributed by atoms with E-state index in [1.165, 1.54) is 18.4 Å². The zero-order valence-electron chi connectivity index (χ0n) is 12.3. The fourth-order valence-electron chi connectivity index (χ4n) is 2.41. The van der Waals surface area contributed by atoms with Gasteiger partial charge in [-0.25, -0.2) is 4.79 Å². The molecule has 2 aliphatic rings. The van der Waals surface area contributed by atoms with Crippen LogP contribution in [0.5, 0.6) is 5.75 Å². The highest BCUT2D eigenvalue weighted by atomic mass is 16.6. The van der Waals surface area contributed by atoms with Crippen LogP contribution in [-0.2, 0) is 4.74 Å². The fraction of sp³-hybridized carbons (Fsp3) is 0.562. The molecule has 20 heavy (non-hydrogen) atoms. The van der Waals surface area contributed by atoms with Crippen molar-refractivity contribution in [3.05, 3.63) is 23.8 Å². The van der Waals surface area contributed by atoms with Crippen LogP contribution in [-0.4, -0.2) is 24.8 Å². The third-order valence-electron chi connectivity index (χ3n) is 3.51. The van der Waals surface area contributed by atoms with Crippen molar-refractivity contribution in [2.75, 3.05) is 18.1 Å². The summed E-state index contributed by atoms with van der Waals surface area (Å²) in [5.74, 6) is 1.43. The largest absolute Gasteiger partial charge is 0.490 e. The Hall–Kier alpha value is -1.71. The molecule has 4 nitrogen and oxygen atoms in total. The molecule has 1 aliphatic carbocycles. The monoisotopic (exact) mass is 275 g/mol. The Morgan fingerprint density at radius 1 is 1.35 bits per heavy atom. The van der Waals surface area contributed by atoms with E-state index in [0.717, 1.165) is 11.4 Å². The summed E-state index contributed by atoms with van der Waals surface area (Å²) in [6.07, 6.45) is 2.19. The minimum absolute atomic E-state index is 0.296. The molecule has 4 heteroatoms. The van der Waals surface area contributed by atoms with Crippen LogP contribution in [0.2, 0.25) is 0 Å². The van der Waals surface area contributed by atoms with Crippen LogP contribution in [0.4, 0.5) is 10.5 Å². The normalized spacial score (nSPS) is 18.2. The maximum Gasteiger partial charge on any atom is 0.415 e. The van der Waals surface area contributed by atoms with Crippen LogP contribution in [0, 0.1) is 0 Å². The highest BCUT2D eigenvalue weighted by molar-refractivity contribution is 5.90. The standard InChI is InChI=1S/C16H21NO3/c1-16(2,3)20-15(18)17-8-9-19-14-7-6-12(10-13(14)17)11-4-5-11/h6-7,10-11H,4-5,8-9H2,1-3H3. The van der Waals surface area contributed by atoms with Crippen LogP contribution >= 0.6 is 0 Å². The number of amides is 1. The second kappa shape index (κ2) is 4.69. The molecule has 0 unspecified atom stereocenters. The number of rotatable bonds is 1. The van der Waals surface area contributed by atoms with Gasteiger partial charge in [0.15, 0.2) is 0 Å². The number of carbonyl (C=O) groups is 1. The van der Waals surface area contributed by atoms with Gasteiger partial charge in [-0.05, 0) is 57.2 Å². The molecule has 0 radical (unpaired) electrons. The Bertz CT molecular complexity index is 529. The molecule has 1 amide bonds. The van der Waals surface area contributed by atoms with E-state index >= 15 is 0 Å². The lowest BCUT2D eigenvalue weighted by Gasteiger charge is -2.32. The quantitative estimate of drug-likeness (QED) is 0.784. The van der Waals surface area contributed by atoms with E-state index in [4.69, 9.17) is 9.47 Å². The van der Waals surface area contributed by atoms with Gasteiger partial charge in [0.1, 0.15) is 18.0 Å². The number of benzene rings is 1. The minimum Gasteiger partial charge on any atom is -0.490 e. The molecule has 0 saturated heterocycles. The third-order valence-corrected chi connectivity index (χ3v) is 3.51. The van der Waals surface area contributed by atoms with E-state index in [0.29, 0.717) is 19.1 Å². The number of anilines is 1. The molecule has 1 heterocycles. The average molecular weight is 275 g/mol. The number of hydrogen-bond acceptors (Lipinski definition) is 3. The van der Waals surface area contributed by atoms with Crippen LogP contribution in [0.1, 0.15) is 45.1 Å². The molecule has 108 valence electrons. The molecule has 0 bridgehead atoms. The second-order valence-electron chi connectivity index (χ2n) is 6.48. The zero-order chi connectivity index (χ0) is 14.3. The van der Waals surface area contributed by atoms with E-state index in [2.05, 4.69) is 12.1 Å². The summed E-state index contributed by atoms with van der Waals surface area (Å²) in [5, 5.41) is 0. The number of fused-ring (bicyclic) bond motifs is 1. The first-order chi connectivity index (χ1) is 9.44. The van der Waals surface area contributed by atoms with Gasteiger partial charge >= 0.3 is 6.09 Å². The van der Waals surface area contributed by atoms with Crippen LogP contribution < -0.4 is 9.64 Å². The van der Waals surface area contributed by atoms with E-state index < -0.39 is 5.60 Å². The number of ether oxygens (including phenoxy) is 2. The molecule has 0 aromatic heterocycles. The summed E-state index contributed by atoms with van der Waals surface area (Å²) in [4.78, 5) is 14.0. The molecule has 0 atom stereocenters. The van der Waals surface area contributed by atoms with Crippen molar-refractivity contribution in [3.8, 4) is 5.75 Å². The summed E-state index contributed by atoms with van der Waals surface area (Å²) in [7, 11) is 0. The van der Waals surface area contributed by atoms with Gasteiger partial charge in [-0.1, -0.05) is 6.07 Å². The highest BCUT2D eigenvalue weighted by Crippen LogP contribution is 2.43. The van der Waals surface area contributed by atoms with Gasteiger partial charge < -0.3 is 9.47 Å². The van der Waals surface area contributed by atoms with E-state index in [1.54, 1.807) is 4.90 Å². The van der Waals surface area contributed by atoms with Crippen LogP contribution in [0.25, 0.3) is 0 Å². The maximum atomic E-state index is 12.3. The van der Waals surface area contributed by atoms with E-state index in [9.17, 15) is 4.79 Å². The zero-order valence-corrected chi connectivity index (χ0v) is 12.3. The first-order valence-electron chi connectivity index (χ1n) is 7.21. The summed E-state index contributed by atoms with van der Waals surface area (Å²) < 4.78 is 11.1. The van der Waals surface area contributed by atoms with Crippen molar-refractivity contribution in [2.24, 2.45) is 0 Å². The Labute approximate surface area is 119 Å². The smallest absolute Gasteiger partial charge is 0.415 e. The Kier molecular flexibility index (Phi) is 3.11. The molecule has 3 rings (SSSR count). The van der Waals surface area contributed by atoms with Crippen LogP contribution in [0.15, 0.2) is 18.2 Å². The van der Waals surface area contributed by atoms with Crippen molar-refractivity contribution >= 4 is 11.8 Å². The van der Waals surface area contributed by atoms with Gasteiger partial charge in [-0.2, -0.15) is 0 Å². The van der Waals surface area contributed by atoms with Crippen molar-refractivity contribution in [2.45, 2.75) is 45.1 Å². The van der Waals surface area contributed by atoms with Gasteiger partial charge in [-0.3, -0.25) is 4.90 Å². The molecule has 1 fully saturated rings. The lowest BCUT2D eigenvalue weighted by atomic mass is 10.1. The second-order valence-corrected chi connectivity index (χ2v) is 6.48. The Morgan fingerprint density at radius 3 is 2.75 bits per heavy atom.